The number of benzene rings is 3. The van der Waals surface area contributed by atoms with Crippen LogP contribution in [0.5, 0.6) is 0 Å². The first-order valence-corrected chi connectivity index (χ1v) is 9.69. The van der Waals surface area contributed by atoms with Crippen molar-refractivity contribution in [3.8, 4) is 5.69 Å². The maximum absolute atomic E-state index is 11.2. The number of nitrogens with two attached hydrogens (primary N) is 1. The third kappa shape index (κ3) is 4.29. The lowest BCUT2D eigenvalue weighted by atomic mass is 10.1. The number of hydrogen-bond donors (Lipinski definition) is 1. The molecule has 6 heteroatoms. The zero-order valence-electron chi connectivity index (χ0n) is 16.7. The Bertz CT molecular complexity index is 1130. The summed E-state index contributed by atoms with van der Waals surface area (Å²) in [4.78, 5) is 14.9. The van der Waals surface area contributed by atoms with Gasteiger partial charge >= 0.3 is 0 Å². The summed E-state index contributed by atoms with van der Waals surface area (Å²) in [7, 11) is 0. The molecule has 0 aliphatic heterocycles. The van der Waals surface area contributed by atoms with Gasteiger partial charge in [-0.3, -0.25) is 10.1 Å². The minimum absolute atomic E-state index is 0.103. The summed E-state index contributed by atoms with van der Waals surface area (Å²) >= 11 is 0. The molecule has 0 radical (unpaired) electrons. The molecule has 0 saturated heterocycles. The van der Waals surface area contributed by atoms with Crippen LogP contribution in [0, 0.1) is 10.1 Å². The van der Waals surface area contributed by atoms with Crippen LogP contribution < -0.4 is 5.90 Å². The Morgan fingerprint density at radius 3 is 2.38 bits per heavy atom. The van der Waals surface area contributed by atoms with E-state index in [2.05, 4.69) is 52.6 Å². The minimum atomic E-state index is -0.350. The molecule has 6 nitrogen and oxygen atoms in total. The van der Waals surface area contributed by atoms with Gasteiger partial charge in [0.15, 0.2) is 0 Å². The Balaban J connectivity index is 0.000000552. The van der Waals surface area contributed by atoms with E-state index in [1.165, 1.54) is 22.4 Å². The highest BCUT2D eigenvalue weighted by atomic mass is 16.6. The molecular formula is C23H25N3O3. The van der Waals surface area contributed by atoms with Gasteiger partial charge in [-0.15, -0.1) is 0 Å². The molecule has 2 N–H and O–H groups in total. The lowest BCUT2D eigenvalue weighted by Crippen LogP contribution is -1.96. The lowest BCUT2D eigenvalue weighted by molar-refractivity contribution is -0.384. The zero-order valence-corrected chi connectivity index (χ0v) is 16.7. The topological polar surface area (TPSA) is 83.3 Å². The van der Waals surface area contributed by atoms with Gasteiger partial charge in [0.05, 0.1) is 28.3 Å². The minimum Gasteiger partial charge on any atom is -0.309 e. The summed E-state index contributed by atoms with van der Waals surface area (Å²) in [5.41, 5.74) is 4.36. The molecule has 0 bridgehead atoms. The van der Waals surface area contributed by atoms with Gasteiger partial charge in [-0.25, -0.2) is 5.90 Å². The smallest absolute Gasteiger partial charge is 0.271 e. The number of para-hydroxylation sites is 1. The molecule has 4 rings (SSSR count). The lowest BCUT2D eigenvalue weighted by Gasteiger charge is -2.08. The molecule has 0 atom stereocenters. The molecule has 3 aromatic carbocycles. The predicted octanol–water partition coefficient (Wildman–Crippen LogP) is 5.54. The number of nitro benzene ring substituents is 1. The second-order valence-corrected chi connectivity index (χ2v) is 6.69. The van der Waals surface area contributed by atoms with E-state index in [9.17, 15) is 10.1 Å². The zero-order chi connectivity index (χ0) is 20.8. The van der Waals surface area contributed by atoms with Crippen molar-refractivity contribution in [1.82, 2.24) is 4.57 Å². The number of nitro groups is 1. The summed E-state index contributed by atoms with van der Waals surface area (Å²) in [6.07, 6.45) is 2.15. The van der Waals surface area contributed by atoms with Gasteiger partial charge in [-0.2, -0.15) is 0 Å². The van der Waals surface area contributed by atoms with Gasteiger partial charge in [0, 0.05) is 22.9 Å². The van der Waals surface area contributed by atoms with E-state index in [0.717, 1.165) is 29.6 Å². The van der Waals surface area contributed by atoms with Gasteiger partial charge in [-0.05, 0) is 43.2 Å². The average molecular weight is 391 g/mol. The standard InChI is InChI=1S/C21H18N2O2.C2H7NO/c1-2-6-15-11-12-21-19(13-15)18-9-3-4-10-20(18)22(21)16-7-5-8-17(14-16)23(24)25;1-2-4-3/h3-5,7-14H,2,6H2,1H3;2-3H2,1H3. The Hall–Kier alpha value is -3.22. The van der Waals surface area contributed by atoms with Crippen molar-refractivity contribution < 1.29 is 9.76 Å². The fourth-order valence-electron chi connectivity index (χ4n) is 3.49. The van der Waals surface area contributed by atoms with E-state index in [0.29, 0.717) is 6.61 Å². The normalized spacial score (nSPS) is 10.7. The molecule has 29 heavy (non-hydrogen) atoms. The van der Waals surface area contributed by atoms with Crippen LogP contribution in [-0.4, -0.2) is 16.1 Å². The third-order valence-electron chi connectivity index (χ3n) is 4.74. The highest BCUT2D eigenvalue weighted by Crippen LogP contribution is 2.33. The number of aromatic nitrogens is 1. The van der Waals surface area contributed by atoms with Gasteiger partial charge in [-0.1, -0.05) is 43.7 Å². The molecule has 0 aliphatic carbocycles. The molecule has 4 aromatic rings. The van der Waals surface area contributed by atoms with Crippen LogP contribution >= 0.6 is 0 Å². The first-order valence-electron chi connectivity index (χ1n) is 9.69. The third-order valence-corrected chi connectivity index (χ3v) is 4.74. The summed E-state index contributed by atoms with van der Waals surface area (Å²) in [6.45, 7) is 4.61. The van der Waals surface area contributed by atoms with Crippen molar-refractivity contribution in [2.24, 2.45) is 5.90 Å². The van der Waals surface area contributed by atoms with E-state index in [1.54, 1.807) is 12.1 Å². The van der Waals surface area contributed by atoms with Gasteiger partial charge in [0.25, 0.3) is 5.69 Å². The number of fused-ring (bicyclic) bond motifs is 3. The van der Waals surface area contributed by atoms with Gasteiger partial charge < -0.3 is 9.40 Å². The van der Waals surface area contributed by atoms with E-state index in [1.807, 2.05) is 25.1 Å². The van der Waals surface area contributed by atoms with E-state index in [-0.39, 0.29) is 10.6 Å². The molecule has 0 amide bonds. The molecule has 0 unspecified atom stereocenters. The number of non-ortho nitro benzene ring substituents is 1. The second kappa shape index (κ2) is 9.32. The Morgan fingerprint density at radius 2 is 1.69 bits per heavy atom. The Labute approximate surface area is 169 Å². The first kappa shape index (κ1) is 20.5. The van der Waals surface area contributed by atoms with E-state index < -0.39 is 0 Å². The van der Waals surface area contributed by atoms with Gasteiger partial charge in [0.2, 0.25) is 0 Å². The van der Waals surface area contributed by atoms with E-state index in [4.69, 9.17) is 0 Å². The van der Waals surface area contributed by atoms with Crippen LogP contribution in [0.2, 0.25) is 0 Å². The summed E-state index contributed by atoms with van der Waals surface area (Å²) in [6, 6.07) is 21.5. The molecular weight excluding hydrogens is 366 g/mol. The van der Waals surface area contributed by atoms with Crippen molar-refractivity contribution in [2.45, 2.75) is 26.7 Å². The Kier molecular flexibility index (Phi) is 6.59. The van der Waals surface area contributed by atoms with Crippen molar-refractivity contribution in [3.63, 3.8) is 0 Å². The van der Waals surface area contributed by atoms with Crippen LogP contribution in [0.3, 0.4) is 0 Å². The molecule has 150 valence electrons. The van der Waals surface area contributed by atoms with Crippen LogP contribution in [0.1, 0.15) is 25.8 Å². The van der Waals surface area contributed by atoms with Crippen molar-refractivity contribution in [3.05, 3.63) is 82.4 Å². The number of hydrogen-bond acceptors (Lipinski definition) is 4. The molecule has 1 heterocycles. The summed E-state index contributed by atoms with van der Waals surface area (Å²) < 4.78 is 2.10. The molecule has 0 spiro atoms. The average Bonchev–Trinajstić information content (AvgIpc) is 3.08. The maximum Gasteiger partial charge on any atom is 0.271 e. The number of nitrogens with zero attached hydrogens (tertiary/aromatic N) is 2. The molecule has 0 saturated carbocycles. The molecule has 1 aromatic heterocycles. The monoisotopic (exact) mass is 391 g/mol. The quantitative estimate of drug-likeness (QED) is 0.357. The summed E-state index contributed by atoms with van der Waals surface area (Å²) in [5.74, 6) is 4.53. The molecule has 0 fully saturated rings. The van der Waals surface area contributed by atoms with Crippen LogP contribution in [-0.2, 0) is 11.3 Å². The van der Waals surface area contributed by atoms with Crippen LogP contribution in [0.4, 0.5) is 5.69 Å². The first-order chi connectivity index (χ1) is 14.1. The van der Waals surface area contributed by atoms with Gasteiger partial charge in [0.1, 0.15) is 0 Å². The highest BCUT2D eigenvalue weighted by molar-refractivity contribution is 6.09. The second-order valence-electron chi connectivity index (χ2n) is 6.69. The Morgan fingerprint density at radius 1 is 0.966 bits per heavy atom. The summed E-state index contributed by atoms with van der Waals surface area (Å²) in [5, 5.41) is 13.5. The van der Waals surface area contributed by atoms with Crippen molar-refractivity contribution in [1.29, 1.82) is 0 Å². The van der Waals surface area contributed by atoms with Crippen LogP contribution in [0.25, 0.3) is 27.5 Å². The maximum atomic E-state index is 11.2. The number of rotatable bonds is 5. The fourth-order valence-corrected chi connectivity index (χ4v) is 3.49. The highest BCUT2D eigenvalue weighted by Gasteiger charge is 2.14. The largest absolute Gasteiger partial charge is 0.309 e. The SMILES string of the molecule is CCCc1ccc2c(c1)c1ccccc1n2-c1cccc([N+](=O)[O-])c1.CCON. The van der Waals surface area contributed by atoms with Crippen LogP contribution in [0.15, 0.2) is 66.7 Å². The van der Waals surface area contributed by atoms with E-state index >= 15 is 0 Å². The molecule has 0 aliphatic rings. The predicted molar refractivity (Wildman–Crippen MR) is 117 cm³/mol. The van der Waals surface area contributed by atoms with Crippen molar-refractivity contribution in [2.75, 3.05) is 6.61 Å². The van der Waals surface area contributed by atoms with Crippen molar-refractivity contribution >= 4 is 27.5 Å². The fraction of sp³-hybridized carbons (Fsp3) is 0.217. The number of aryl methyl sites for hydroxylation is 1.